The van der Waals surface area contributed by atoms with Gasteiger partial charge in [-0.15, -0.1) is 13.2 Å². The summed E-state index contributed by atoms with van der Waals surface area (Å²) in [4.78, 5) is 0. The lowest BCUT2D eigenvalue weighted by Gasteiger charge is -2.10. The van der Waals surface area contributed by atoms with Gasteiger partial charge in [0.25, 0.3) is 0 Å². The fourth-order valence-electron chi connectivity index (χ4n) is 0.771. The molecule has 0 radical (unpaired) electrons. The molecule has 0 spiro atoms. The zero-order valence-corrected chi connectivity index (χ0v) is 7.38. The molecule has 3 nitrogen and oxygen atoms in total. The van der Waals surface area contributed by atoms with E-state index in [9.17, 15) is 13.2 Å². The van der Waals surface area contributed by atoms with Crippen LogP contribution in [-0.4, -0.2) is 11.6 Å². The Hall–Kier alpha value is -1.14. The minimum atomic E-state index is -4.72. The molecular weight excluding hydrogens is 223 g/mol. The molecule has 0 aliphatic heterocycles. The Bertz CT molecular complexity index is 299. The quantitative estimate of drug-likeness (QED) is 0.623. The van der Waals surface area contributed by atoms with Crippen molar-refractivity contribution >= 4 is 17.5 Å². The maximum atomic E-state index is 11.7. The van der Waals surface area contributed by atoms with Gasteiger partial charge >= 0.3 is 6.36 Å². The molecule has 0 aromatic heterocycles. The van der Waals surface area contributed by atoms with E-state index < -0.39 is 6.36 Å². The zero-order chi connectivity index (χ0) is 10.8. The zero-order valence-electron chi connectivity index (χ0n) is 6.62. The first kappa shape index (κ1) is 10.9. The van der Waals surface area contributed by atoms with Crippen LogP contribution in [0.2, 0.25) is 0 Å². The molecule has 0 fully saturated rings. The number of halogens is 4. The normalized spacial score (nSPS) is 11.2. The van der Waals surface area contributed by atoms with Crippen molar-refractivity contribution in [2.24, 2.45) is 0 Å². The van der Waals surface area contributed by atoms with Gasteiger partial charge in [-0.3, -0.25) is 5.21 Å². The van der Waals surface area contributed by atoms with Crippen molar-refractivity contribution in [3.8, 4) is 5.75 Å². The summed E-state index contributed by atoms with van der Waals surface area (Å²) >= 11 is 5.11. The second kappa shape index (κ2) is 3.93. The molecule has 0 amide bonds. The largest absolute Gasteiger partial charge is 0.573 e. The van der Waals surface area contributed by atoms with Crippen molar-refractivity contribution in [1.29, 1.82) is 0 Å². The molecule has 78 valence electrons. The number of anilines is 1. The topological polar surface area (TPSA) is 32.7 Å². The Morgan fingerprint density at radius 2 is 1.71 bits per heavy atom. The molecule has 0 unspecified atom stereocenters. The van der Waals surface area contributed by atoms with Crippen LogP contribution in [0.15, 0.2) is 24.3 Å². The van der Waals surface area contributed by atoms with E-state index in [4.69, 9.17) is 17.0 Å². The molecule has 14 heavy (non-hydrogen) atoms. The van der Waals surface area contributed by atoms with Crippen molar-refractivity contribution in [2.75, 3.05) is 4.58 Å². The summed E-state index contributed by atoms with van der Waals surface area (Å²) < 4.78 is 38.9. The predicted molar refractivity (Wildman–Crippen MR) is 43.2 cm³/mol. The number of hydrogen-bond acceptors (Lipinski definition) is 3. The highest BCUT2D eigenvalue weighted by Crippen LogP contribution is 2.25. The number of hydrogen-bond donors (Lipinski definition) is 1. The van der Waals surface area contributed by atoms with Crippen molar-refractivity contribution < 1.29 is 23.1 Å². The smallest absolute Gasteiger partial charge is 0.406 e. The molecule has 0 atom stereocenters. The van der Waals surface area contributed by atoms with Crippen molar-refractivity contribution in [3.05, 3.63) is 24.3 Å². The molecule has 0 saturated carbocycles. The summed E-state index contributed by atoms with van der Waals surface area (Å²) in [6.07, 6.45) is -4.72. The van der Waals surface area contributed by atoms with Crippen LogP contribution in [0.5, 0.6) is 5.75 Å². The maximum Gasteiger partial charge on any atom is 0.573 e. The lowest BCUT2D eigenvalue weighted by molar-refractivity contribution is -0.274. The van der Waals surface area contributed by atoms with Crippen LogP contribution in [0.4, 0.5) is 18.9 Å². The van der Waals surface area contributed by atoms with Crippen molar-refractivity contribution in [1.82, 2.24) is 0 Å². The van der Waals surface area contributed by atoms with E-state index in [1.165, 1.54) is 12.1 Å². The van der Waals surface area contributed by atoms with Crippen LogP contribution >= 0.6 is 11.8 Å². The molecule has 0 aliphatic carbocycles. The molecule has 7 heteroatoms. The van der Waals surface area contributed by atoms with Crippen LogP contribution in [0.1, 0.15) is 0 Å². The fourth-order valence-corrected chi connectivity index (χ4v) is 0.884. The molecule has 1 aromatic carbocycles. The Kier molecular flexibility index (Phi) is 3.07. The minimum Gasteiger partial charge on any atom is -0.406 e. The lowest BCUT2D eigenvalue weighted by Crippen LogP contribution is -2.17. The Morgan fingerprint density at radius 3 is 2.07 bits per heavy atom. The predicted octanol–water partition coefficient (Wildman–Crippen LogP) is 2.93. The van der Waals surface area contributed by atoms with Crippen molar-refractivity contribution in [3.63, 3.8) is 0 Å². The van der Waals surface area contributed by atoms with Gasteiger partial charge in [0, 0.05) is 11.8 Å². The van der Waals surface area contributed by atoms with Gasteiger partial charge in [0.1, 0.15) is 5.75 Å². The molecule has 1 N–H and O–H groups in total. The van der Waals surface area contributed by atoms with E-state index >= 15 is 0 Å². The van der Waals surface area contributed by atoms with Crippen LogP contribution in [0, 0.1) is 0 Å². The molecule has 0 bridgehead atoms. The van der Waals surface area contributed by atoms with Gasteiger partial charge in [0.2, 0.25) is 0 Å². The summed E-state index contributed by atoms with van der Waals surface area (Å²) in [5.74, 6) is -0.375. The SMILES string of the molecule is ON(Cl)c1ccc(OC(F)(F)F)cc1. The van der Waals surface area contributed by atoms with Gasteiger partial charge in [-0.2, -0.15) is 4.58 Å². The molecular formula is C7H5ClF3NO2. The fraction of sp³-hybridized carbons (Fsp3) is 0.143. The Labute approximate surface area is 82.3 Å². The van der Waals surface area contributed by atoms with Crippen molar-refractivity contribution in [2.45, 2.75) is 6.36 Å². The summed E-state index contributed by atoms with van der Waals surface area (Å²) in [7, 11) is 0. The highest BCUT2D eigenvalue weighted by Gasteiger charge is 2.30. The molecule has 0 saturated heterocycles. The third kappa shape index (κ3) is 3.31. The number of nitrogens with zero attached hydrogens (tertiary/aromatic N) is 1. The van der Waals surface area contributed by atoms with E-state index in [-0.39, 0.29) is 16.0 Å². The number of ether oxygens (including phenoxy) is 1. The minimum absolute atomic E-state index is 0.140. The lowest BCUT2D eigenvalue weighted by atomic mass is 10.3. The van der Waals surface area contributed by atoms with Crippen LogP contribution in [-0.2, 0) is 0 Å². The number of alkyl halides is 3. The van der Waals surface area contributed by atoms with Gasteiger partial charge in [0.15, 0.2) is 0 Å². The molecule has 0 heterocycles. The monoisotopic (exact) mass is 227 g/mol. The van der Waals surface area contributed by atoms with Gasteiger partial charge in [-0.1, -0.05) is 0 Å². The summed E-state index contributed by atoms with van der Waals surface area (Å²) in [5, 5.41) is 8.68. The first-order valence-corrected chi connectivity index (χ1v) is 3.73. The second-order valence-corrected chi connectivity index (χ2v) is 2.62. The highest BCUT2D eigenvalue weighted by molar-refractivity contribution is 6.24. The standard InChI is InChI=1S/C7H5ClF3NO2/c8-12(13)5-1-3-6(4-2-5)14-7(9,10)11/h1-4,13H. The Morgan fingerprint density at radius 1 is 1.21 bits per heavy atom. The van der Waals surface area contributed by atoms with Gasteiger partial charge in [0.05, 0.1) is 5.69 Å². The van der Waals surface area contributed by atoms with Crippen LogP contribution in [0.25, 0.3) is 0 Å². The van der Waals surface area contributed by atoms with E-state index in [1.54, 1.807) is 0 Å². The summed E-state index contributed by atoms with van der Waals surface area (Å²) in [6.45, 7) is 0. The number of rotatable bonds is 2. The van der Waals surface area contributed by atoms with E-state index in [0.717, 1.165) is 12.1 Å². The highest BCUT2D eigenvalue weighted by atomic mass is 35.5. The third-order valence-electron chi connectivity index (χ3n) is 1.28. The number of benzene rings is 1. The molecule has 0 aliphatic rings. The van der Waals surface area contributed by atoms with Crippen LogP contribution < -0.4 is 9.32 Å². The van der Waals surface area contributed by atoms with Gasteiger partial charge in [-0.25, -0.2) is 0 Å². The first-order valence-electron chi connectivity index (χ1n) is 3.39. The van der Waals surface area contributed by atoms with Gasteiger partial charge < -0.3 is 4.74 Å². The van der Waals surface area contributed by atoms with E-state index in [2.05, 4.69) is 4.74 Å². The second-order valence-electron chi connectivity index (χ2n) is 2.30. The summed E-state index contributed by atoms with van der Waals surface area (Å²) in [5.41, 5.74) is 0.140. The third-order valence-corrected chi connectivity index (χ3v) is 1.48. The summed E-state index contributed by atoms with van der Waals surface area (Å²) in [6, 6.07) is 4.42. The average Bonchev–Trinajstić information content (AvgIpc) is 2.02. The maximum absolute atomic E-state index is 11.7. The first-order chi connectivity index (χ1) is 6.38. The molecule has 1 aromatic rings. The Balaban J connectivity index is 2.74. The van der Waals surface area contributed by atoms with E-state index in [1.807, 2.05) is 0 Å². The van der Waals surface area contributed by atoms with Gasteiger partial charge in [-0.05, 0) is 24.3 Å². The average molecular weight is 228 g/mol. The van der Waals surface area contributed by atoms with Crippen LogP contribution in [0.3, 0.4) is 0 Å². The molecule has 1 rings (SSSR count). The van der Waals surface area contributed by atoms with E-state index in [0.29, 0.717) is 0 Å².